The van der Waals surface area contributed by atoms with Gasteiger partial charge in [-0.2, -0.15) is 14.8 Å². The largest absolute Gasteiger partial charge is 0.372 e. The number of benzene rings is 2. The molecule has 0 spiro atoms. The van der Waals surface area contributed by atoms with Crippen LogP contribution < -0.4 is 0 Å². The van der Waals surface area contributed by atoms with Crippen LogP contribution in [0.1, 0.15) is 30.9 Å². The van der Waals surface area contributed by atoms with Gasteiger partial charge in [0.2, 0.25) is 5.71 Å². The van der Waals surface area contributed by atoms with Crippen LogP contribution in [0.5, 0.6) is 0 Å². The minimum atomic E-state index is -1.16. The summed E-state index contributed by atoms with van der Waals surface area (Å²) in [4.78, 5) is 4.61. The van der Waals surface area contributed by atoms with Gasteiger partial charge < -0.3 is 0 Å². The van der Waals surface area contributed by atoms with Gasteiger partial charge in [-0.05, 0) is 30.3 Å². The molecule has 0 aliphatic carbocycles. The molecule has 1 atom stereocenters. The zero-order valence-electron chi connectivity index (χ0n) is 13.9. The second kappa shape index (κ2) is 7.39. The lowest BCUT2D eigenvalue weighted by Crippen LogP contribution is -2.37. The third kappa shape index (κ3) is 3.20. The maximum Gasteiger partial charge on any atom is 0.372 e. The molecule has 0 N–H and O–H groups in total. The molecule has 1 heterocycles. The summed E-state index contributed by atoms with van der Waals surface area (Å²) < 4.78 is 2.04. The fourth-order valence-electron chi connectivity index (χ4n) is 3.04. The molecule has 1 aliphatic heterocycles. The molecule has 0 radical (unpaired) electrons. The molecule has 5 heteroatoms. The molecular formula is C20H18Cl2N3+. The van der Waals surface area contributed by atoms with E-state index in [9.17, 15) is 5.26 Å². The monoisotopic (exact) mass is 370 g/mol. The van der Waals surface area contributed by atoms with Gasteiger partial charge in [0, 0.05) is 17.0 Å². The van der Waals surface area contributed by atoms with Gasteiger partial charge in [0.1, 0.15) is 12.8 Å². The summed E-state index contributed by atoms with van der Waals surface area (Å²) in [6.07, 6.45) is 3.75. The van der Waals surface area contributed by atoms with Gasteiger partial charge in [0.15, 0.2) is 6.07 Å². The molecule has 2 aromatic rings. The third-order valence-corrected chi connectivity index (χ3v) is 4.87. The lowest BCUT2D eigenvalue weighted by atomic mass is 10.00. The molecule has 0 saturated heterocycles. The molecule has 0 aromatic heterocycles. The maximum atomic E-state index is 10.1. The molecule has 1 aliphatic rings. The van der Waals surface area contributed by atoms with Crippen molar-refractivity contribution in [2.24, 2.45) is 4.99 Å². The van der Waals surface area contributed by atoms with Crippen LogP contribution in [0.3, 0.4) is 0 Å². The Hall–Kier alpha value is -2.15. The number of unbranched alkanes of at least 4 members (excludes halogenated alkanes) is 1. The standard InChI is InChI=1S/C20H18Cl2N3/c1-2-3-11-25-19(15-7-5-4-6-8-15)13-24-20(25,14-23)17-10-9-16(21)12-18(17)22/h4-10,12-13H,2-3,11H2,1H3/q+1. The lowest BCUT2D eigenvalue weighted by Gasteiger charge is -2.19. The quantitative estimate of drug-likeness (QED) is 0.678. The average Bonchev–Trinajstić information content (AvgIpc) is 3.00. The number of hydrogen-bond acceptors (Lipinski definition) is 2. The number of halogens is 2. The van der Waals surface area contributed by atoms with Gasteiger partial charge in [0.25, 0.3) is 0 Å². The minimum absolute atomic E-state index is 0.446. The first-order valence-corrected chi connectivity index (χ1v) is 9.00. The highest BCUT2D eigenvalue weighted by atomic mass is 35.5. The summed E-state index contributed by atoms with van der Waals surface area (Å²) in [5, 5.41) is 11.1. The first kappa shape index (κ1) is 17.7. The second-order valence-corrected chi connectivity index (χ2v) is 6.77. The van der Waals surface area contributed by atoms with Crippen LogP contribution in [0.4, 0.5) is 0 Å². The van der Waals surface area contributed by atoms with E-state index < -0.39 is 5.66 Å². The van der Waals surface area contributed by atoms with Crippen molar-refractivity contribution < 1.29 is 4.58 Å². The summed E-state index contributed by atoms with van der Waals surface area (Å²) >= 11 is 12.5. The number of rotatable bonds is 5. The molecule has 0 bridgehead atoms. The second-order valence-electron chi connectivity index (χ2n) is 5.92. The van der Waals surface area contributed by atoms with Crippen molar-refractivity contribution in [2.75, 3.05) is 6.54 Å². The van der Waals surface area contributed by atoms with Crippen LogP contribution in [0.25, 0.3) is 0 Å². The fourth-order valence-corrected chi connectivity index (χ4v) is 3.58. The van der Waals surface area contributed by atoms with Crippen LogP contribution in [-0.4, -0.2) is 23.0 Å². The van der Waals surface area contributed by atoms with E-state index in [2.05, 4.69) is 18.0 Å². The number of hydrogen-bond donors (Lipinski definition) is 0. The molecule has 0 saturated carbocycles. The highest BCUT2D eigenvalue weighted by Crippen LogP contribution is 2.36. The Morgan fingerprint density at radius 2 is 1.92 bits per heavy atom. The van der Waals surface area contributed by atoms with Crippen molar-refractivity contribution in [3.63, 3.8) is 0 Å². The van der Waals surface area contributed by atoms with Gasteiger partial charge in [-0.15, -0.1) is 0 Å². The number of aliphatic imine (C=N–C) groups is 1. The molecule has 0 amide bonds. The van der Waals surface area contributed by atoms with E-state index in [1.165, 1.54) is 0 Å². The summed E-state index contributed by atoms with van der Waals surface area (Å²) in [7, 11) is 0. The van der Waals surface area contributed by atoms with Crippen molar-refractivity contribution in [3.8, 4) is 6.07 Å². The molecule has 25 heavy (non-hydrogen) atoms. The van der Waals surface area contributed by atoms with E-state index in [4.69, 9.17) is 23.2 Å². The van der Waals surface area contributed by atoms with Crippen LogP contribution in [0, 0.1) is 11.3 Å². The summed E-state index contributed by atoms with van der Waals surface area (Å²) in [5.41, 5.74) is 1.45. The van der Waals surface area contributed by atoms with Gasteiger partial charge in [-0.1, -0.05) is 54.7 Å². The van der Waals surface area contributed by atoms with Crippen LogP contribution in [0.2, 0.25) is 10.0 Å². The molecule has 0 fully saturated rings. The van der Waals surface area contributed by atoms with Gasteiger partial charge in [0.05, 0.1) is 10.6 Å². The topological polar surface area (TPSA) is 39.2 Å². The average molecular weight is 371 g/mol. The molecule has 3 nitrogen and oxygen atoms in total. The highest BCUT2D eigenvalue weighted by molar-refractivity contribution is 6.37. The number of nitriles is 1. The van der Waals surface area contributed by atoms with Gasteiger partial charge in [-0.25, -0.2) is 0 Å². The van der Waals surface area contributed by atoms with Crippen molar-refractivity contribution in [1.29, 1.82) is 5.26 Å². The van der Waals surface area contributed by atoms with E-state index in [1.54, 1.807) is 24.4 Å². The Morgan fingerprint density at radius 1 is 1.16 bits per heavy atom. The van der Waals surface area contributed by atoms with Crippen molar-refractivity contribution >= 4 is 35.1 Å². The molecule has 126 valence electrons. The highest BCUT2D eigenvalue weighted by Gasteiger charge is 2.50. The zero-order chi connectivity index (χ0) is 17.9. The maximum absolute atomic E-state index is 10.1. The molecule has 1 unspecified atom stereocenters. The van der Waals surface area contributed by atoms with Gasteiger partial charge in [-0.3, -0.25) is 0 Å². The van der Waals surface area contributed by atoms with Crippen LogP contribution >= 0.6 is 23.2 Å². The predicted molar refractivity (Wildman–Crippen MR) is 103 cm³/mol. The summed E-state index contributed by atoms with van der Waals surface area (Å²) in [5.74, 6) is 0. The minimum Gasteiger partial charge on any atom is -0.198 e. The Bertz CT molecular complexity index is 882. The van der Waals surface area contributed by atoms with E-state index in [1.807, 2.05) is 34.9 Å². The normalized spacial score (nSPS) is 19.3. The Balaban J connectivity index is 2.20. The zero-order valence-corrected chi connectivity index (χ0v) is 15.4. The Morgan fingerprint density at radius 3 is 2.56 bits per heavy atom. The summed E-state index contributed by atoms with van der Waals surface area (Å²) in [6.45, 7) is 2.84. The van der Waals surface area contributed by atoms with E-state index in [0.717, 1.165) is 24.1 Å². The number of nitrogens with zero attached hydrogens (tertiary/aromatic N) is 3. The van der Waals surface area contributed by atoms with Crippen molar-refractivity contribution in [3.05, 3.63) is 69.7 Å². The van der Waals surface area contributed by atoms with E-state index in [-0.39, 0.29) is 0 Å². The SMILES string of the molecule is CCCC[N+]1=C(c2ccccc2)C=NC1(C#N)c1ccc(Cl)cc1Cl. The van der Waals surface area contributed by atoms with Crippen molar-refractivity contribution in [2.45, 2.75) is 25.4 Å². The molecular weight excluding hydrogens is 353 g/mol. The smallest absolute Gasteiger partial charge is 0.198 e. The van der Waals surface area contributed by atoms with E-state index >= 15 is 0 Å². The Kier molecular flexibility index (Phi) is 5.22. The Labute approximate surface area is 157 Å². The summed E-state index contributed by atoms with van der Waals surface area (Å²) in [6, 6.07) is 17.6. The van der Waals surface area contributed by atoms with Crippen LogP contribution in [0.15, 0.2) is 53.5 Å². The van der Waals surface area contributed by atoms with Gasteiger partial charge >= 0.3 is 5.66 Å². The molecule has 3 rings (SSSR count). The van der Waals surface area contributed by atoms with E-state index in [0.29, 0.717) is 22.2 Å². The lowest BCUT2D eigenvalue weighted by molar-refractivity contribution is -0.595. The van der Waals surface area contributed by atoms with Crippen molar-refractivity contribution in [1.82, 2.24) is 0 Å². The van der Waals surface area contributed by atoms with Crippen LogP contribution in [-0.2, 0) is 5.66 Å². The third-order valence-electron chi connectivity index (χ3n) is 4.32. The fraction of sp³-hybridized carbons (Fsp3) is 0.250. The first-order valence-electron chi connectivity index (χ1n) is 8.24. The first-order chi connectivity index (χ1) is 12.1. The predicted octanol–water partition coefficient (Wildman–Crippen LogP) is 5.06. The molecule has 2 aromatic carbocycles.